The van der Waals surface area contributed by atoms with Crippen molar-refractivity contribution in [1.29, 1.82) is 0 Å². The van der Waals surface area contributed by atoms with E-state index in [2.05, 4.69) is 20.8 Å². The molecule has 7 nitrogen and oxygen atoms in total. The molecule has 32 heavy (non-hydrogen) atoms. The Kier molecular flexibility index (Phi) is 8.66. The standard InChI is InChI=1S/C25H38O7/c1-16-10-12-24(5)22(8-7-9-23(24)29)25(16,6)14-21(32-19(4)28)20(15-31-18(3)27)11-13-30-17(2)26/h11,16,21-22H,7-10,12-15H2,1-6H3. The summed E-state index contributed by atoms with van der Waals surface area (Å²) in [5.74, 6) is -0.476. The number of ether oxygens (including phenoxy) is 3. The zero-order valence-corrected chi connectivity index (χ0v) is 20.3. The zero-order valence-electron chi connectivity index (χ0n) is 20.3. The van der Waals surface area contributed by atoms with Crippen molar-refractivity contribution in [3.63, 3.8) is 0 Å². The van der Waals surface area contributed by atoms with Crippen molar-refractivity contribution in [2.45, 2.75) is 86.2 Å². The fourth-order valence-electron chi connectivity index (χ4n) is 5.75. The lowest BCUT2D eigenvalue weighted by Gasteiger charge is -2.57. The summed E-state index contributed by atoms with van der Waals surface area (Å²) in [6.45, 7) is 10.4. The van der Waals surface area contributed by atoms with Crippen molar-refractivity contribution in [2.75, 3.05) is 13.2 Å². The lowest BCUT2D eigenvalue weighted by molar-refractivity contribution is -0.158. The van der Waals surface area contributed by atoms with Crippen LogP contribution in [0.5, 0.6) is 0 Å². The first kappa shape index (κ1) is 26.1. The summed E-state index contributed by atoms with van der Waals surface area (Å²) in [7, 11) is 0. The molecule has 180 valence electrons. The highest BCUT2D eigenvalue weighted by molar-refractivity contribution is 5.85. The zero-order chi connectivity index (χ0) is 24.1. The second-order valence-corrected chi connectivity index (χ2v) is 9.90. The van der Waals surface area contributed by atoms with Gasteiger partial charge in [0, 0.05) is 38.2 Å². The number of ketones is 1. The van der Waals surface area contributed by atoms with Crippen molar-refractivity contribution in [2.24, 2.45) is 22.7 Å². The minimum atomic E-state index is -0.644. The van der Waals surface area contributed by atoms with Gasteiger partial charge in [-0.15, -0.1) is 0 Å². The second kappa shape index (κ2) is 10.6. The molecule has 0 saturated heterocycles. The van der Waals surface area contributed by atoms with Gasteiger partial charge in [-0.25, -0.2) is 0 Å². The molecule has 5 atom stereocenters. The van der Waals surface area contributed by atoms with Crippen LogP contribution in [0.25, 0.3) is 0 Å². The van der Waals surface area contributed by atoms with Crippen LogP contribution in [0.2, 0.25) is 0 Å². The Hall–Kier alpha value is -2.18. The average molecular weight is 451 g/mol. The smallest absolute Gasteiger partial charge is 0.303 e. The summed E-state index contributed by atoms with van der Waals surface area (Å²) < 4.78 is 16.0. The van der Waals surface area contributed by atoms with E-state index in [1.165, 1.54) is 20.8 Å². The van der Waals surface area contributed by atoms with Gasteiger partial charge in [0.15, 0.2) is 0 Å². The molecular weight excluding hydrogens is 412 g/mol. The third kappa shape index (κ3) is 5.99. The number of carbonyl (C=O) groups is 4. The Morgan fingerprint density at radius 2 is 1.72 bits per heavy atom. The normalized spacial score (nSPS) is 31.3. The molecule has 0 aromatic rings. The van der Waals surface area contributed by atoms with Crippen molar-refractivity contribution < 1.29 is 33.4 Å². The van der Waals surface area contributed by atoms with Gasteiger partial charge >= 0.3 is 17.9 Å². The molecule has 2 aliphatic carbocycles. The Morgan fingerprint density at radius 1 is 1.06 bits per heavy atom. The van der Waals surface area contributed by atoms with E-state index in [0.29, 0.717) is 30.1 Å². The minimum absolute atomic E-state index is 0.00437. The Morgan fingerprint density at radius 3 is 2.31 bits per heavy atom. The van der Waals surface area contributed by atoms with Crippen LogP contribution in [0.1, 0.15) is 80.1 Å². The summed E-state index contributed by atoms with van der Waals surface area (Å²) in [5, 5.41) is 0. The van der Waals surface area contributed by atoms with Crippen LogP contribution in [-0.4, -0.2) is 43.0 Å². The molecule has 0 N–H and O–H groups in total. The highest BCUT2D eigenvalue weighted by Crippen LogP contribution is 2.60. The number of Topliss-reactive ketones (excluding diaryl/α,β-unsaturated/α-hetero) is 1. The van der Waals surface area contributed by atoms with Crippen molar-refractivity contribution >= 4 is 23.7 Å². The number of hydrogen-bond acceptors (Lipinski definition) is 7. The summed E-state index contributed by atoms with van der Waals surface area (Å²) in [4.78, 5) is 47.6. The van der Waals surface area contributed by atoms with E-state index >= 15 is 0 Å². The van der Waals surface area contributed by atoms with E-state index in [0.717, 1.165) is 25.7 Å². The Labute approximate surface area is 191 Å². The summed E-state index contributed by atoms with van der Waals surface area (Å²) in [5.41, 5.74) is -0.0305. The number of rotatable bonds is 8. The van der Waals surface area contributed by atoms with Gasteiger partial charge in [0.05, 0.1) is 0 Å². The first-order chi connectivity index (χ1) is 14.9. The predicted octanol–water partition coefficient (Wildman–Crippen LogP) is 4.17. The quantitative estimate of drug-likeness (QED) is 0.311. The van der Waals surface area contributed by atoms with Crippen molar-refractivity contribution in [3.8, 4) is 0 Å². The van der Waals surface area contributed by atoms with Gasteiger partial charge in [0.25, 0.3) is 0 Å². The second-order valence-electron chi connectivity index (χ2n) is 9.90. The van der Waals surface area contributed by atoms with E-state index in [1.807, 2.05) is 0 Å². The van der Waals surface area contributed by atoms with Crippen LogP contribution in [0.15, 0.2) is 11.6 Å². The number of esters is 3. The van der Waals surface area contributed by atoms with Crippen LogP contribution >= 0.6 is 0 Å². The molecule has 7 heteroatoms. The van der Waals surface area contributed by atoms with Crippen LogP contribution in [-0.2, 0) is 33.4 Å². The number of fused-ring (bicyclic) bond motifs is 1. The molecule has 0 bridgehead atoms. The van der Waals surface area contributed by atoms with E-state index < -0.39 is 24.0 Å². The van der Waals surface area contributed by atoms with Crippen molar-refractivity contribution in [3.05, 3.63) is 11.6 Å². The SMILES string of the molecule is CC(=O)OCC=C(COC(C)=O)C(CC1(C)C(C)CCC2(C)C(=O)CCCC21)OC(C)=O. The Bertz CT molecular complexity index is 770. The molecule has 0 spiro atoms. The van der Waals surface area contributed by atoms with Gasteiger partial charge in [-0.05, 0) is 55.4 Å². The highest BCUT2D eigenvalue weighted by Gasteiger charge is 2.56. The molecule has 2 saturated carbocycles. The highest BCUT2D eigenvalue weighted by atomic mass is 16.6. The average Bonchev–Trinajstić information content (AvgIpc) is 2.68. The Balaban J connectivity index is 2.40. The van der Waals surface area contributed by atoms with Crippen LogP contribution in [0.4, 0.5) is 0 Å². The van der Waals surface area contributed by atoms with Crippen LogP contribution in [0, 0.1) is 22.7 Å². The third-order valence-electron chi connectivity index (χ3n) is 7.74. The molecule has 2 rings (SSSR count). The van der Waals surface area contributed by atoms with Gasteiger partial charge in [-0.3, -0.25) is 19.2 Å². The molecule has 0 amide bonds. The van der Waals surface area contributed by atoms with Crippen LogP contribution < -0.4 is 0 Å². The molecule has 0 radical (unpaired) electrons. The summed E-state index contributed by atoms with van der Waals surface area (Å²) in [6, 6.07) is 0. The maximum atomic E-state index is 12.9. The predicted molar refractivity (Wildman–Crippen MR) is 118 cm³/mol. The lowest BCUT2D eigenvalue weighted by atomic mass is 9.46. The maximum absolute atomic E-state index is 12.9. The van der Waals surface area contributed by atoms with Gasteiger partial charge in [0.2, 0.25) is 0 Å². The van der Waals surface area contributed by atoms with Gasteiger partial charge in [-0.2, -0.15) is 0 Å². The summed E-state index contributed by atoms with van der Waals surface area (Å²) >= 11 is 0. The number of carbonyl (C=O) groups excluding carboxylic acids is 4. The van der Waals surface area contributed by atoms with Gasteiger partial charge in [0.1, 0.15) is 25.1 Å². The molecule has 0 aromatic carbocycles. The van der Waals surface area contributed by atoms with Gasteiger partial charge in [-0.1, -0.05) is 20.8 Å². The van der Waals surface area contributed by atoms with E-state index in [4.69, 9.17) is 14.2 Å². The topological polar surface area (TPSA) is 96.0 Å². The molecular formula is C25H38O7. The maximum Gasteiger partial charge on any atom is 0.303 e. The van der Waals surface area contributed by atoms with E-state index in [9.17, 15) is 19.2 Å². The van der Waals surface area contributed by atoms with Crippen molar-refractivity contribution in [1.82, 2.24) is 0 Å². The lowest BCUT2D eigenvalue weighted by Crippen LogP contribution is -2.54. The fourth-order valence-corrected chi connectivity index (χ4v) is 5.75. The largest absolute Gasteiger partial charge is 0.462 e. The first-order valence-corrected chi connectivity index (χ1v) is 11.6. The molecule has 5 unspecified atom stereocenters. The van der Waals surface area contributed by atoms with E-state index in [1.54, 1.807) is 6.08 Å². The molecule has 2 aliphatic rings. The number of hydrogen-bond donors (Lipinski definition) is 0. The van der Waals surface area contributed by atoms with E-state index in [-0.39, 0.29) is 30.0 Å². The fraction of sp³-hybridized carbons (Fsp3) is 0.760. The third-order valence-corrected chi connectivity index (χ3v) is 7.74. The summed E-state index contributed by atoms with van der Waals surface area (Å²) in [6.07, 6.45) is 5.80. The molecule has 0 heterocycles. The van der Waals surface area contributed by atoms with Crippen LogP contribution in [0.3, 0.4) is 0 Å². The monoisotopic (exact) mass is 450 g/mol. The van der Waals surface area contributed by atoms with Gasteiger partial charge < -0.3 is 14.2 Å². The molecule has 0 aliphatic heterocycles. The molecule has 0 aromatic heterocycles. The first-order valence-electron chi connectivity index (χ1n) is 11.6. The minimum Gasteiger partial charge on any atom is -0.462 e. The molecule has 2 fully saturated rings.